The summed E-state index contributed by atoms with van der Waals surface area (Å²) in [5.74, 6) is 1.28. The predicted molar refractivity (Wildman–Crippen MR) is 89.3 cm³/mol. The Kier molecular flexibility index (Phi) is 5.54. The van der Waals surface area contributed by atoms with Crippen LogP contribution in [0.4, 0.5) is 5.69 Å². The van der Waals surface area contributed by atoms with Crippen LogP contribution in [0.2, 0.25) is 0 Å². The van der Waals surface area contributed by atoms with Crippen LogP contribution in [-0.2, 0) is 17.6 Å². The van der Waals surface area contributed by atoms with E-state index < -0.39 is 0 Å². The molecule has 2 aromatic rings. The number of carbonyl (C=O) groups is 1. The fraction of sp³-hybridized carbons (Fsp3) is 0.400. The minimum Gasteiger partial charge on any atom is -0.461 e. The standard InChI is InChI=1S/C15H18N2O2.2ClH/c1-17(2)15(18)9-3-5-13-11(7-9)12-8-10(16)4-6-14(12)19-13;;/h4,6,8-9H,3,5,7,16H2,1-2H3;2*1H. The number of hydrogen-bond acceptors (Lipinski definition) is 3. The van der Waals surface area contributed by atoms with E-state index in [0.717, 1.165) is 47.2 Å². The van der Waals surface area contributed by atoms with Gasteiger partial charge in [0, 0.05) is 43.1 Å². The Labute approximate surface area is 136 Å². The van der Waals surface area contributed by atoms with Gasteiger partial charge in [-0.3, -0.25) is 4.79 Å². The van der Waals surface area contributed by atoms with Gasteiger partial charge in [0.05, 0.1) is 0 Å². The van der Waals surface area contributed by atoms with E-state index in [1.54, 1.807) is 4.90 Å². The Morgan fingerprint density at radius 3 is 2.71 bits per heavy atom. The normalized spacial score (nSPS) is 16.6. The van der Waals surface area contributed by atoms with Crippen molar-refractivity contribution < 1.29 is 9.21 Å². The third kappa shape index (κ3) is 3.11. The van der Waals surface area contributed by atoms with Crippen molar-refractivity contribution in [2.75, 3.05) is 19.8 Å². The maximum Gasteiger partial charge on any atom is 0.225 e. The molecule has 2 N–H and O–H groups in total. The van der Waals surface area contributed by atoms with Crippen molar-refractivity contribution in [1.29, 1.82) is 0 Å². The number of benzene rings is 1. The zero-order chi connectivity index (χ0) is 13.6. The molecule has 1 aromatic carbocycles. The molecule has 0 bridgehead atoms. The molecule has 1 heterocycles. The van der Waals surface area contributed by atoms with E-state index in [1.165, 1.54) is 0 Å². The van der Waals surface area contributed by atoms with Crippen LogP contribution < -0.4 is 5.73 Å². The average Bonchev–Trinajstić information content (AvgIpc) is 2.75. The molecule has 1 aliphatic rings. The van der Waals surface area contributed by atoms with Crippen LogP contribution in [0.15, 0.2) is 22.6 Å². The van der Waals surface area contributed by atoms with Gasteiger partial charge in [-0.05, 0) is 31.0 Å². The van der Waals surface area contributed by atoms with Crippen LogP contribution in [0.3, 0.4) is 0 Å². The molecule has 0 spiro atoms. The first-order chi connectivity index (χ1) is 9.06. The number of nitrogens with two attached hydrogens (primary N) is 1. The van der Waals surface area contributed by atoms with Crippen LogP contribution in [0.25, 0.3) is 11.0 Å². The molecule has 0 radical (unpaired) electrons. The van der Waals surface area contributed by atoms with Crippen LogP contribution in [0, 0.1) is 5.92 Å². The highest BCUT2D eigenvalue weighted by Gasteiger charge is 2.29. The van der Waals surface area contributed by atoms with Gasteiger partial charge in [0.15, 0.2) is 0 Å². The Hall–Kier alpha value is -1.39. The van der Waals surface area contributed by atoms with Gasteiger partial charge >= 0.3 is 0 Å². The van der Waals surface area contributed by atoms with E-state index in [4.69, 9.17) is 10.2 Å². The number of nitrogen functional groups attached to an aromatic ring is 1. The van der Waals surface area contributed by atoms with Crippen molar-refractivity contribution in [1.82, 2.24) is 4.90 Å². The molecule has 0 saturated carbocycles. The number of rotatable bonds is 1. The third-order valence-electron chi connectivity index (χ3n) is 3.86. The molecular formula is C15H20Cl2N2O2. The summed E-state index contributed by atoms with van der Waals surface area (Å²) in [6.07, 6.45) is 2.44. The van der Waals surface area contributed by atoms with Crippen molar-refractivity contribution in [3.05, 3.63) is 29.5 Å². The molecule has 0 aliphatic heterocycles. The van der Waals surface area contributed by atoms with E-state index in [2.05, 4.69) is 0 Å². The molecule has 3 rings (SSSR count). The maximum atomic E-state index is 12.1. The van der Waals surface area contributed by atoms with Gasteiger partial charge in [-0.25, -0.2) is 0 Å². The molecule has 0 fully saturated rings. The van der Waals surface area contributed by atoms with E-state index in [0.29, 0.717) is 0 Å². The van der Waals surface area contributed by atoms with Gasteiger partial charge in [-0.2, -0.15) is 0 Å². The third-order valence-corrected chi connectivity index (χ3v) is 3.86. The van der Waals surface area contributed by atoms with E-state index in [-0.39, 0.29) is 36.6 Å². The monoisotopic (exact) mass is 330 g/mol. The van der Waals surface area contributed by atoms with Gasteiger partial charge in [0.1, 0.15) is 11.3 Å². The number of anilines is 1. The number of carbonyl (C=O) groups excluding carboxylic acids is 1. The first-order valence-corrected chi connectivity index (χ1v) is 6.57. The Bertz CT molecular complexity index is 652. The number of hydrogen-bond donors (Lipinski definition) is 1. The summed E-state index contributed by atoms with van der Waals surface area (Å²) in [5.41, 5.74) is 8.61. The minimum absolute atomic E-state index is 0. The van der Waals surface area contributed by atoms with Crippen molar-refractivity contribution >= 4 is 47.4 Å². The average molecular weight is 331 g/mol. The molecule has 1 aromatic heterocycles. The summed E-state index contributed by atoms with van der Waals surface area (Å²) in [4.78, 5) is 13.8. The number of fused-ring (bicyclic) bond motifs is 3. The summed E-state index contributed by atoms with van der Waals surface area (Å²) in [5, 5.41) is 1.06. The molecule has 1 atom stereocenters. The highest BCUT2D eigenvalue weighted by atomic mass is 35.5. The lowest BCUT2D eigenvalue weighted by atomic mass is 9.86. The zero-order valence-corrected chi connectivity index (χ0v) is 13.7. The minimum atomic E-state index is 0. The lowest BCUT2D eigenvalue weighted by Crippen LogP contribution is -2.32. The summed E-state index contributed by atoms with van der Waals surface area (Å²) in [6, 6.07) is 5.70. The van der Waals surface area contributed by atoms with Crippen LogP contribution in [0.5, 0.6) is 0 Å². The molecule has 4 nitrogen and oxygen atoms in total. The molecule has 0 saturated heterocycles. The Balaban J connectivity index is 0.00000110. The molecular weight excluding hydrogens is 311 g/mol. The lowest BCUT2D eigenvalue weighted by molar-refractivity contribution is -0.133. The van der Waals surface area contributed by atoms with Gasteiger partial charge in [0.2, 0.25) is 5.91 Å². The van der Waals surface area contributed by atoms with Gasteiger partial charge in [-0.15, -0.1) is 24.8 Å². The highest BCUT2D eigenvalue weighted by Crippen LogP contribution is 2.35. The van der Waals surface area contributed by atoms with Crippen LogP contribution in [0.1, 0.15) is 17.7 Å². The van der Waals surface area contributed by atoms with Crippen molar-refractivity contribution in [3.63, 3.8) is 0 Å². The predicted octanol–water partition coefficient (Wildman–Crippen LogP) is 3.05. The van der Waals surface area contributed by atoms with E-state index in [1.807, 2.05) is 32.3 Å². The largest absolute Gasteiger partial charge is 0.461 e. The second-order valence-electron chi connectivity index (χ2n) is 5.43. The quantitative estimate of drug-likeness (QED) is 0.817. The lowest BCUT2D eigenvalue weighted by Gasteiger charge is -2.23. The number of nitrogens with zero attached hydrogens (tertiary/aromatic N) is 1. The molecule has 1 aliphatic carbocycles. The zero-order valence-electron chi connectivity index (χ0n) is 12.1. The topological polar surface area (TPSA) is 59.5 Å². The van der Waals surface area contributed by atoms with Crippen molar-refractivity contribution in [2.24, 2.45) is 5.92 Å². The number of furan rings is 1. The first-order valence-electron chi connectivity index (χ1n) is 6.57. The number of amides is 1. The summed E-state index contributed by atoms with van der Waals surface area (Å²) in [7, 11) is 3.62. The van der Waals surface area contributed by atoms with Crippen molar-refractivity contribution in [3.8, 4) is 0 Å². The Morgan fingerprint density at radius 2 is 2.05 bits per heavy atom. The van der Waals surface area contributed by atoms with E-state index in [9.17, 15) is 4.79 Å². The number of aryl methyl sites for hydroxylation is 1. The maximum absolute atomic E-state index is 12.1. The highest BCUT2D eigenvalue weighted by molar-refractivity contribution is 5.87. The summed E-state index contributed by atoms with van der Waals surface area (Å²) < 4.78 is 5.85. The first kappa shape index (κ1) is 17.7. The molecule has 1 amide bonds. The van der Waals surface area contributed by atoms with Crippen LogP contribution >= 0.6 is 24.8 Å². The Morgan fingerprint density at radius 1 is 1.33 bits per heavy atom. The fourth-order valence-corrected chi connectivity index (χ4v) is 2.87. The van der Waals surface area contributed by atoms with Gasteiger partial charge in [-0.1, -0.05) is 0 Å². The fourth-order valence-electron chi connectivity index (χ4n) is 2.87. The SMILES string of the molecule is CN(C)C(=O)C1CCc2oc3ccc(N)cc3c2C1.Cl.Cl. The summed E-state index contributed by atoms with van der Waals surface area (Å²) >= 11 is 0. The van der Waals surface area contributed by atoms with Gasteiger partial charge in [0.25, 0.3) is 0 Å². The summed E-state index contributed by atoms with van der Waals surface area (Å²) in [6.45, 7) is 0. The molecule has 6 heteroatoms. The number of halogens is 2. The second-order valence-corrected chi connectivity index (χ2v) is 5.43. The second kappa shape index (κ2) is 6.58. The van der Waals surface area contributed by atoms with Crippen LogP contribution in [-0.4, -0.2) is 24.9 Å². The smallest absolute Gasteiger partial charge is 0.225 e. The van der Waals surface area contributed by atoms with E-state index >= 15 is 0 Å². The molecule has 116 valence electrons. The molecule has 1 unspecified atom stereocenters. The van der Waals surface area contributed by atoms with Gasteiger partial charge < -0.3 is 15.1 Å². The van der Waals surface area contributed by atoms with Crippen molar-refractivity contribution in [2.45, 2.75) is 19.3 Å². The molecule has 21 heavy (non-hydrogen) atoms.